The molecular formula is C12H6ClI2N3OS. The van der Waals surface area contributed by atoms with Gasteiger partial charge in [0.05, 0.1) is 10.7 Å². The third kappa shape index (κ3) is 2.68. The molecule has 0 bridgehead atoms. The molecule has 0 aliphatic carbocycles. The van der Waals surface area contributed by atoms with Crippen molar-refractivity contribution in [3.8, 4) is 22.2 Å². The Balaban J connectivity index is 2.05. The van der Waals surface area contributed by atoms with Crippen molar-refractivity contribution >= 4 is 73.8 Å². The Morgan fingerprint density at radius 3 is 2.55 bits per heavy atom. The highest BCUT2D eigenvalue weighted by Gasteiger charge is 2.16. The molecule has 0 atom stereocenters. The minimum atomic E-state index is 0.432. The first-order valence-electron chi connectivity index (χ1n) is 5.38. The number of thiophene rings is 1. The molecule has 20 heavy (non-hydrogen) atoms. The molecule has 0 amide bonds. The summed E-state index contributed by atoms with van der Waals surface area (Å²) in [6.07, 6.45) is 0. The zero-order chi connectivity index (χ0) is 14.3. The molecule has 2 aromatic heterocycles. The van der Waals surface area contributed by atoms with Crippen molar-refractivity contribution in [2.75, 3.05) is 5.73 Å². The molecule has 0 radical (unpaired) electrons. The van der Waals surface area contributed by atoms with Crippen molar-refractivity contribution in [2.24, 2.45) is 0 Å². The maximum absolute atomic E-state index is 6.06. The monoisotopic (exact) mass is 529 g/mol. The second-order valence-electron chi connectivity index (χ2n) is 3.87. The first-order valence-corrected chi connectivity index (χ1v) is 8.79. The number of aromatic nitrogens is 2. The normalized spacial score (nSPS) is 10.9. The summed E-state index contributed by atoms with van der Waals surface area (Å²) in [5.41, 5.74) is 7.57. The van der Waals surface area contributed by atoms with Crippen molar-refractivity contribution in [1.29, 1.82) is 0 Å². The molecular weight excluding hydrogens is 523 g/mol. The summed E-state index contributed by atoms with van der Waals surface area (Å²) >= 11 is 11.9. The van der Waals surface area contributed by atoms with Gasteiger partial charge in [-0.3, -0.25) is 0 Å². The molecule has 4 nitrogen and oxygen atoms in total. The van der Waals surface area contributed by atoms with Gasteiger partial charge in [0.25, 0.3) is 5.89 Å². The summed E-state index contributed by atoms with van der Waals surface area (Å²) in [4.78, 5) is 5.18. The van der Waals surface area contributed by atoms with E-state index in [1.165, 1.54) is 11.3 Å². The highest BCUT2D eigenvalue weighted by Crippen LogP contribution is 2.34. The number of nitrogens with zero attached hydrogens (tertiary/aromatic N) is 2. The molecule has 0 fully saturated rings. The first kappa shape index (κ1) is 14.5. The van der Waals surface area contributed by atoms with Crippen molar-refractivity contribution in [1.82, 2.24) is 10.1 Å². The van der Waals surface area contributed by atoms with Crippen LogP contribution in [0.1, 0.15) is 0 Å². The van der Waals surface area contributed by atoms with Gasteiger partial charge < -0.3 is 10.3 Å². The van der Waals surface area contributed by atoms with Gasteiger partial charge in [-0.2, -0.15) is 4.98 Å². The van der Waals surface area contributed by atoms with Gasteiger partial charge >= 0.3 is 0 Å². The van der Waals surface area contributed by atoms with Crippen LogP contribution in [0.2, 0.25) is 5.02 Å². The Morgan fingerprint density at radius 2 is 1.95 bits per heavy atom. The zero-order valence-corrected chi connectivity index (χ0v) is 15.6. The van der Waals surface area contributed by atoms with Gasteiger partial charge in [-0.1, -0.05) is 16.8 Å². The first-order chi connectivity index (χ1) is 9.56. The van der Waals surface area contributed by atoms with E-state index < -0.39 is 0 Å². The van der Waals surface area contributed by atoms with Crippen LogP contribution in [0.15, 0.2) is 28.1 Å². The van der Waals surface area contributed by atoms with Crippen LogP contribution in [-0.2, 0) is 0 Å². The van der Waals surface area contributed by atoms with Gasteiger partial charge in [0, 0.05) is 12.7 Å². The molecule has 0 spiro atoms. The van der Waals surface area contributed by atoms with E-state index in [1.807, 2.05) is 17.5 Å². The van der Waals surface area contributed by atoms with Crippen molar-refractivity contribution in [3.63, 3.8) is 0 Å². The minimum Gasteiger partial charge on any atom is -0.397 e. The zero-order valence-electron chi connectivity index (χ0n) is 9.73. The SMILES string of the molecule is Nc1c(I)cc(-c2noc(-c3sccc3Cl)n2)cc1I. The number of hydrogen-bond acceptors (Lipinski definition) is 5. The Kier molecular flexibility index (Phi) is 4.20. The highest BCUT2D eigenvalue weighted by atomic mass is 127. The molecule has 2 N–H and O–H groups in total. The summed E-state index contributed by atoms with van der Waals surface area (Å²) in [7, 11) is 0. The summed E-state index contributed by atoms with van der Waals surface area (Å²) in [6, 6.07) is 5.67. The van der Waals surface area contributed by atoms with Crippen LogP contribution in [0, 0.1) is 7.14 Å². The van der Waals surface area contributed by atoms with E-state index in [-0.39, 0.29) is 0 Å². The van der Waals surface area contributed by atoms with Gasteiger partial charge in [-0.15, -0.1) is 11.3 Å². The van der Waals surface area contributed by atoms with E-state index in [0.717, 1.165) is 23.3 Å². The van der Waals surface area contributed by atoms with Gasteiger partial charge in [0.15, 0.2) is 0 Å². The topological polar surface area (TPSA) is 64.9 Å². The summed E-state index contributed by atoms with van der Waals surface area (Å²) < 4.78 is 7.21. The molecule has 102 valence electrons. The van der Waals surface area contributed by atoms with E-state index in [1.54, 1.807) is 6.07 Å². The number of hydrogen-bond donors (Lipinski definition) is 1. The van der Waals surface area contributed by atoms with Crippen LogP contribution < -0.4 is 5.73 Å². The van der Waals surface area contributed by atoms with Crippen LogP contribution in [0.5, 0.6) is 0 Å². The van der Waals surface area contributed by atoms with E-state index in [0.29, 0.717) is 16.7 Å². The highest BCUT2D eigenvalue weighted by molar-refractivity contribution is 14.1. The fourth-order valence-electron chi connectivity index (χ4n) is 1.59. The molecule has 2 heterocycles. The minimum absolute atomic E-state index is 0.432. The summed E-state index contributed by atoms with van der Waals surface area (Å²) in [5.74, 6) is 0.960. The van der Waals surface area contributed by atoms with Crippen LogP contribution in [0.25, 0.3) is 22.2 Å². The Labute approximate surface area is 151 Å². The van der Waals surface area contributed by atoms with Crippen LogP contribution >= 0.6 is 68.1 Å². The van der Waals surface area contributed by atoms with Crippen molar-refractivity contribution in [2.45, 2.75) is 0 Å². The van der Waals surface area contributed by atoms with E-state index >= 15 is 0 Å². The Bertz CT molecular complexity index is 764. The maximum atomic E-state index is 6.06. The van der Waals surface area contributed by atoms with Crippen molar-refractivity contribution < 1.29 is 4.52 Å². The third-order valence-electron chi connectivity index (χ3n) is 2.57. The smallest absolute Gasteiger partial charge is 0.269 e. The lowest BCUT2D eigenvalue weighted by atomic mass is 10.2. The number of halogens is 3. The molecule has 3 rings (SSSR count). The Morgan fingerprint density at radius 1 is 1.25 bits per heavy atom. The number of nitrogen functional groups attached to an aromatic ring is 1. The predicted molar refractivity (Wildman–Crippen MR) is 97.9 cm³/mol. The van der Waals surface area contributed by atoms with Gasteiger partial charge in [0.2, 0.25) is 5.82 Å². The fraction of sp³-hybridized carbons (Fsp3) is 0. The predicted octanol–water partition coefficient (Wildman–Crippen LogP) is 4.91. The van der Waals surface area contributed by atoms with Gasteiger partial charge in [-0.05, 0) is 68.8 Å². The standard InChI is InChI=1S/C12H6ClI2N3OS/c13-6-1-2-20-10(6)12-17-11(18-19-12)5-3-7(14)9(16)8(15)4-5/h1-4H,16H2. The molecule has 0 aliphatic rings. The van der Waals surface area contributed by atoms with E-state index in [4.69, 9.17) is 21.9 Å². The second-order valence-corrected chi connectivity index (χ2v) is 7.52. The van der Waals surface area contributed by atoms with Crippen LogP contribution in [-0.4, -0.2) is 10.1 Å². The molecule has 0 saturated carbocycles. The molecule has 8 heteroatoms. The summed E-state index contributed by atoms with van der Waals surface area (Å²) in [6.45, 7) is 0. The molecule has 1 aromatic carbocycles. The lowest BCUT2D eigenvalue weighted by molar-refractivity contribution is 0.433. The molecule has 3 aromatic rings. The van der Waals surface area contributed by atoms with Crippen LogP contribution in [0.3, 0.4) is 0 Å². The van der Waals surface area contributed by atoms with E-state index in [9.17, 15) is 0 Å². The maximum Gasteiger partial charge on any atom is 0.269 e. The van der Waals surface area contributed by atoms with Gasteiger partial charge in [-0.25, -0.2) is 0 Å². The average Bonchev–Trinajstić information content (AvgIpc) is 3.03. The van der Waals surface area contributed by atoms with Crippen molar-refractivity contribution in [3.05, 3.63) is 35.7 Å². The molecule has 0 unspecified atom stereocenters. The lowest BCUT2D eigenvalue weighted by Gasteiger charge is -2.03. The Hall–Kier alpha value is -0.390. The largest absolute Gasteiger partial charge is 0.397 e. The third-order valence-corrected chi connectivity index (χ3v) is 5.69. The number of benzene rings is 1. The van der Waals surface area contributed by atoms with Gasteiger partial charge in [0.1, 0.15) is 4.88 Å². The second kappa shape index (κ2) is 5.78. The fourth-order valence-corrected chi connectivity index (χ4v) is 4.42. The lowest BCUT2D eigenvalue weighted by Crippen LogP contribution is -1.94. The van der Waals surface area contributed by atoms with Crippen LogP contribution in [0.4, 0.5) is 5.69 Å². The number of anilines is 1. The average molecular weight is 530 g/mol. The number of rotatable bonds is 2. The quantitative estimate of drug-likeness (QED) is 0.379. The molecule has 0 saturated heterocycles. The van der Waals surface area contributed by atoms with E-state index in [2.05, 4.69) is 55.3 Å². The number of nitrogens with two attached hydrogens (primary N) is 1. The summed E-state index contributed by atoms with van der Waals surface area (Å²) in [5, 5.41) is 6.51. The molecule has 0 aliphatic heterocycles.